The van der Waals surface area contributed by atoms with E-state index in [1.165, 1.54) is 16.7 Å². The first-order valence-electron chi connectivity index (χ1n) is 17.2. The Morgan fingerprint density at radius 3 is 0.843 bits per heavy atom. The SMILES string of the molecule is Cc1ccccc1-c1ccc(/C=C/c2cc(/C=C/c3ccc(-c4ccccc4C)nc3)cc(/C=C/c3ccc(-c4ccccc4C)nc3)c2)cn1. The van der Waals surface area contributed by atoms with Gasteiger partial charge in [0, 0.05) is 35.3 Å². The Hall–Kier alpha value is -6.45. The molecule has 0 amide bonds. The number of hydrogen-bond donors (Lipinski definition) is 0. The number of aryl methyl sites for hydroxylation is 3. The molecule has 0 fully saturated rings. The van der Waals surface area contributed by atoms with Crippen molar-refractivity contribution in [2.45, 2.75) is 20.8 Å². The Balaban J connectivity index is 1.15. The van der Waals surface area contributed by atoms with Crippen LogP contribution < -0.4 is 0 Å². The monoisotopic (exact) mass is 657 g/mol. The van der Waals surface area contributed by atoms with E-state index >= 15 is 0 Å². The lowest BCUT2D eigenvalue weighted by molar-refractivity contribution is 1.30. The van der Waals surface area contributed by atoms with E-state index in [-0.39, 0.29) is 0 Å². The van der Waals surface area contributed by atoms with Crippen LogP contribution in [-0.4, -0.2) is 15.0 Å². The van der Waals surface area contributed by atoms with E-state index in [9.17, 15) is 0 Å². The summed E-state index contributed by atoms with van der Waals surface area (Å²) in [6.07, 6.45) is 18.6. The maximum absolute atomic E-state index is 4.76. The van der Waals surface area contributed by atoms with Gasteiger partial charge in [-0.1, -0.05) is 127 Å². The maximum Gasteiger partial charge on any atom is 0.0705 e. The quantitative estimate of drug-likeness (QED) is 0.155. The summed E-state index contributed by atoms with van der Waals surface area (Å²) >= 11 is 0. The molecule has 3 aromatic heterocycles. The van der Waals surface area contributed by atoms with Gasteiger partial charge in [-0.15, -0.1) is 0 Å². The minimum atomic E-state index is 0.979. The number of aromatic nitrogens is 3. The molecular formula is C48H39N3. The first-order chi connectivity index (χ1) is 25.0. The van der Waals surface area contributed by atoms with E-state index in [0.29, 0.717) is 0 Å². The second kappa shape index (κ2) is 15.4. The summed E-state index contributed by atoms with van der Waals surface area (Å²) < 4.78 is 0. The molecule has 51 heavy (non-hydrogen) atoms. The maximum atomic E-state index is 4.76. The Morgan fingerprint density at radius 2 is 0.588 bits per heavy atom. The van der Waals surface area contributed by atoms with Crippen molar-refractivity contribution in [2.24, 2.45) is 0 Å². The lowest BCUT2D eigenvalue weighted by Crippen LogP contribution is -1.87. The standard InChI is InChI=1S/C48H39N3/c1-34-10-4-7-13-43(34)46-25-22-37(31-49-46)16-19-40-28-41(20-17-38-23-26-47(50-32-38)44-14-8-5-11-35(44)2)30-42(29-40)21-18-39-24-27-48(51-33-39)45-15-9-6-12-36(45)3/h4-33H,1-3H3/b19-16+,20-17+,21-18+. The predicted octanol–water partition coefficient (Wildman–Crippen LogP) is 12.3. The molecule has 0 aliphatic heterocycles. The van der Waals surface area contributed by atoms with Crippen molar-refractivity contribution in [3.8, 4) is 33.8 Å². The molecule has 0 saturated carbocycles. The van der Waals surface area contributed by atoms with Gasteiger partial charge in [-0.3, -0.25) is 15.0 Å². The Bertz CT molecular complexity index is 2080. The molecule has 3 heteroatoms. The van der Waals surface area contributed by atoms with Crippen LogP contribution in [0.25, 0.3) is 70.2 Å². The molecule has 0 unspecified atom stereocenters. The molecule has 3 heterocycles. The molecule has 0 aliphatic rings. The van der Waals surface area contributed by atoms with E-state index in [1.807, 2.05) is 18.6 Å². The second-order valence-electron chi connectivity index (χ2n) is 12.8. The zero-order valence-electron chi connectivity index (χ0n) is 29.2. The highest BCUT2D eigenvalue weighted by atomic mass is 14.7. The normalized spacial score (nSPS) is 11.6. The third-order valence-corrected chi connectivity index (χ3v) is 9.03. The molecule has 7 aromatic rings. The van der Waals surface area contributed by atoms with Crippen LogP contribution in [0.1, 0.15) is 50.1 Å². The van der Waals surface area contributed by atoms with E-state index in [1.54, 1.807) is 0 Å². The van der Waals surface area contributed by atoms with Crippen LogP contribution in [0.2, 0.25) is 0 Å². The zero-order valence-corrected chi connectivity index (χ0v) is 29.2. The van der Waals surface area contributed by atoms with Crippen LogP contribution in [0.3, 0.4) is 0 Å². The highest BCUT2D eigenvalue weighted by Gasteiger charge is 2.05. The minimum Gasteiger partial charge on any atom is -0.256 e. The predicted molar refractivity (Wildman–Crippen MR) is 216 cm³/mol. The number of pyridine rings is 3. The topological polar surface area (TPSA) is 38.7 Å². The van der Waals surface area contributed by atoms with Crippen LogP contribution in [0.5, 0.6) is 0 Å². The van der Waals surface area contributed by atoms with Gasteiger partial charge in [0.25, 0.3) is 0 Å². The average Bonchev–Trinajstić information content (AvgIpc) is 3.17. The Labute approximate surface area is 301 Å². The van der Waals surface area contributed by atoms with E-state index in [4.69, 9.17) is 15.0 Å². The summed E-state index contributed by atoms with van der Waals surface area (Å²) in [6.45, 7) is 6.35. The minimum absolute atomic E-state index is 0.979. The molecular weight excluding hydrogens is 619 g/mol. The smallest absolute Gasteiger partial charge is 0.0705 e. The van der Waals surface area contributed by atoms with Gasteiger partial charge in [-0.25, -0.2) is 0 Å². The van der Waals surface area contributed by atoms with Gasteiger partial charge in [0.05, 0.1) is 17.1 Å². The number of rotatable bonds is 9. The lowest BCUT2D eigenvalue weighted by atomic mass is 10.0. The van der Waals surface area contributed by atoms with Crippen molar-refractivity contribution >= 4 is 36.5 Å². The Kier molecular flexibility index (Phi) is 9.99. The van der Waals surface area contributed by atoms with Crippen molar-refractivity contribution in [1.29, 1.82) is 0 Å². The van der Waals surface area contributed by atoms with Crippen LogP contribution in [0.15, 0.2) is 146 Å². The van der Waals surface area contributed by atoms with Crippen LogP contribution in [-0.2, 0) is 0 Å². The fourth-order valence-corrected chi connectivity index (χ4v) is 6.14. The fraction of sp³-hybridized carbons (Fsp3) is 0.0625. The summed E-state index contributed by atoms with van der Waals surface area (Å²) in [4.78, 5) is 14.3. The molecule has 0 radical (unpaired) electrons. The largest absolute Gasteiger partial charge is 0.256 e. The molecule has 7 rings (SSSR count). The van der Waals surface area contributed by atoms with Gasteiger partial charge in [0.15, 0.2) is 0 Å². The van der Waals surface area contributed by atoms with Crippen molar-refractivity contribution in [3.63, 3.8) is 0 Å². The van der Waals surface area contributed by atoms with E-state index in [2.05, 4.69) is 185 Å². The van der Waals surface area contributed by atoms with Gasteiger partial charge in [-0.2, -0.15) is 0 Å². The van der Waals surface area contributed by atoms with Crippen molar-refractivity contribution in [1.82, 2.24) is 15.0 Å². The van der Waals surface area contributed by atoms with Gasteiger partial charge >= 0.3 is 0 Å². The van der Waals surface area contributed by atoms with Gasteiger partial charge < -0.3 is 0 Å². The third-order valence-electron chi connectivity index (χ3n) is 9.03. The van der Waals surface area contributed by atoms with Crippen LogP contribution in [0, 0.1) is 20.8 Å². The van der Waals surface area contributed by atoms with Gasteiger partial charge in [0.1, 0.15) is 0 Å². The summed E-state index contributed by atoms with van der Waals surface area (Å²) in [7, 11) is 0. The lowest BCUT2D eigenvalue weighted by Gasteiger charge is -2.06. The number of nitrogens with zero attached hydrogens (tertiary/aromatic N) is 3. The first-order valence-corrected chi connectivity index (χ1v) is 17.2. The fourth-order valence-electron chi connectivity index (χ4n) is 6.14. The van der Waals surface area contributed by atoms with Crippen molar-refractivity contribution in [3.05, 3.63) is 196 Å². The summed E-state index contributed by atoms with van der Waals surface area (Å²) in [5.74, 6) is 0. The summed E-state index contributed by atoms with van der Waals surface area (Å²) in [5, 5.41) is 0. The molecule has 0 aliphatic carbocycles. The molecule has 246 valence electrons. The summed E-state index contributed by atoms with van der Waals surface area (Å²) in [5.41, 5.74) is 16.5. The molecule has 3 nitrogen and oxygen atoms in total. The van der Waals surface area contributed by atoms with E-state index < -0.39 is 0 Å². The molecule has 4 aromatic carbocycles. The van der Waals surface area contributed by atoms with Crippen LogP contribution in [0.4, 0.5) is 0 Å². The number of hydrogen-bond acceptors (Lipinski definition) is 3. The zero-order chi connectivity index (χ0) is 35.0. The first kappa shape index (κ1) is 33.1. The van der Waals surface area contributed by atoms with Gasteiger partial charge in [-0.05, 0) is 107 Å². The molecule has 0 N–H and O–H groups in total. The molecule has 0 atom stereocenters. The van der Waals surface area contributed by atoms with Crippen molar-refractivity contribution < 1.29 is 0 Å². The highest BCUT2D eigenvalue weighted by Crippen LogP contribution is 2.25. The number of benzene rings is 4. The summed E-state index contributed by atoms with van der Waals surface area (Å²) in [6, 6.07) is 44.3. The average molecular weight is 658 g/mol. The highest BCUT2D eigenvalue weighted by molar-refractivity contribution is 5.79. The third kappa shape index (κ3) is 8.24. The molecule has 0 spiro atoms. The van der Waals surface area contributed by atoms with Crippen LogP contribution >= 0.6 is 0 Å². The van der Waals surface area contributed by atoms with Gasteiger partial charge in [0.2, 0.25) is 0 Å². The van der Waals surface area contributed by atoms with Crippen molar-refractivity contribution in [2.75, 3.05) is 0 Å². The Morgan fingerprint density at radius 1 is 0.314 bits per heavy atom. The molecule has 0 bridgehead atoms. The van der Waals surface area contributed by atoms with E-state index in [0.717, 1.165) is 67.2 Å². The molecule has 0 saturated heterocycles. The second-order valence-corrected chi connectivity index (χ2v) is 12.8.